The third-order valence-corrected chi connectivity index (χ3v) is 5.01. The Morgan fingerprint density at radius 2 is 1.57 bits per heavy atom. The third kappa shape index (κ3) is 9.81. The zero-order valence-electron chi connectivity index (χ0n) is 20.6. The van der Waals surface area contributed by atoms with Gasteiger partial charge in [-0.05, 0) is 72.2 Å². The molecule has 0 atom stereocenters. The number of amides is 2. The zero-order valence-corrected chi connectivity index (χ0v) is 20.6. The summed E-state index contributed by atoms with van der Waals surface area (Å²) >= 11 is 0. The van der Waals surface area contributed by atoms with Crippen molar-refractivity contribution in [3.05, 3.63) is 102 Å². The van der Waals surface area contributed by atoms with E-state index >= 15 is 0 Å². The molecule has 0 unspecified atom stereocenters. The van der Waals surface area contributed by atoms with E-state index in [0.717, 1.165) is 18.4 Å². The van der Waals surface area contributed by atoms with E-state index in [1.165, 1.54) is 12.3 Å². The Hall–Kier alpha value is -4.72. The summed E-state index contributed by atoms with van der Waals surface area (Å²) in [5, 5.41) is 6.43. The first-order valence-electron chi connectivity index (χ1n) is 11.9. The van der Waals surface area contributed by atoms with Crippen LogP contribution in [0.3, 0.4) is 0 Å². The summed E-state index contributed by atoms with van der Waals surface area (Å²) in [5.41, 5.74) is 4.37. The van der Waals surface area contributed by atoms with E-state index in [1.807, 2.05) is 30.3 Å². The van der Waals surface area contributed by atoms with Gasteiger partial charge < -0.3 is 14.8 Å². The van der Waals surface area contributed by atoms with Crippen LogP contribution in [0.4, 0.5) is 0 Å². The number of benzene rings is 3. The van der Waals surface area contributed by atoms with Crippen LogP contribution in [0.5, 0.6) is 11.5 Å². The highest BCUT2D eigenvalue weighted by Crippen LogP contribution is 2.13. The van der Waals surface area contributed by atoms with Gasteiger partial charge in [0.1, 0.15) is 11.5 Å². The van der Waals surface area contributed by atoms with Crippen molar-refractivity contribution in [1.82, 2.24) is 10.7 Å². The van der Waals surface area contributed by atoms with Gasteiger partial charge in [0.2, 0.25) is 0 Å². The summed E-state index contributed by atoms with van der Waals surface area (Å²) in [7, 11) is 0. The first-order chi connectivity index (χ1) is 18.0. The van der Waals surface area contributed by atoms with Gasteiger partial charge in [-0.25, -0.2) is 10.2 Å². The van der Waals surface area contributed by atoms with E-state index in [0.29, 0.717) is 29.2 Å². The lowest BCUT2D eigenvalue weighted by Gasteiger charge is -2.07. The molecule has 3 aromatic carbocycles. The summed E-state index contributed by atoms with van der Waals surface area (Å²) in [6.07, 6.45) is 6.49. The molecule has 0 aromatic heterocycles. The summed E-state index contributed by atoms with van der Waals surface area (Å²) in [4.78, 5) is 36.2. The summed E-state index contributed by atoms with van der Waals surface area (Å²) in [5.74, 6) is -0.256. The van der Waals surface area contributed by atoms with Crippen LogP contribution >= 0.6 is 0 Å². The van der Waals surface area contributed by atoms with Gasteiger partial charge in [0, 0.05) is 11.6 Å². The highest BCUT2D eigenvalue weighted by atomic mass is 16.5. The molecule has 2 amide bonds. The molecular weight excluding hydrogens is 470 g/mol. The molecule has 0 saturated heterocycles. The molecule has 0 bridgehead atoms. The minimum absolute atomic E-state index is 0.226. The smallest absolute Gasteiger partial charge is 0.336 e. The van der Waals surface area contributed by atoms with Crippen LogP contribution in [0.2, 0.25) is 0 Å². The molecule has 0 saturated carbocycles. The second kappa shape index (κ2) is 14.6. The van der Waals surface area contributed by atoms with Crippen LogP contribution in [0.15, 0.2) is 90.0 Å². The molecule has 0 radical (unpaired) electrons. The van der Waals surface area contributed by atoms with Gasteiger partial charge in [-0.15, -0.1) is 0 Å². The number of rotatable bonds is 12. The lowest BCUT2D eigenvalue weighted by molar-refractivity contribution is -0.129. The fourth-order valence-electron chi connectivity index (χ4n) is 3.02. The highest BCUT2D eigenvalue weighted by molar-refractivity contribution is 5.96. The largest absolute Gasteiger partial charge is 0.494 e. The number of hydrazone groups is 1. The molecule has 8 heteroatoms. The van der Waals surface area contributed by atoms with E-state index in [-0.39, 0.29) is 12.5 Å². The maximum Gasteiger partial charge on any atom is 0.336 e. The number of ether oxygens (including phenoxy) is 2. The number of nitrogens with one attached hydrogen (secondary N) is 2. The van der Waals surface area contributed by atoms with Crippen LogP contribution in [-0.4, -0.2) is 37.1 Å². The Morgan fingerprint density at radius 1 is 0.865 bits per heavy atom. The lowest BCUT2D eigenvalue weighted by atomic mass is 10.2. The minimum Gasteiger partial charge on any atom is -0.494 e. The SMILES string of the molecule is CCCCOc1ccc(C(=O)NCC(=O)N/N=C/c2ccc(OC(=O)/C=C/c3ccccc3)cc2)cc1. The number of carbonyl (C=O) groups excluding carboxylic acids is 3. The molecule has 3 aromatic rings. The van der Waals surface area contributed by atoms with Crippen LogP contribution in [-0.2, 0) is 9.59 Å². The standard InChI is InChI=1S/C29H29N3O5/c1-2-3-19-36-25-16-12-24(13-17-25)29(35)30-21-27(33)32-31-20-23-9-14-26(15-10-23)37-28(34)18-11-22-7-5-4-6-8-22/h4-18,20H,2-3,19,21H2,1H3,(H,30,35)(H,32,33)/b18-11+,31-20+. The van der Waals surface area contributed by atoms with Crippen molar-refractivity contribution in [2.75, 3.05) is 13.2 Å². The third-order valence-electron chi connectivity index (χ3n) is 5.01. The number of nitrogens with zero attached hydrogens (tertiary/aromatic N) is 1. The highest BCUT2D eigenvalue weighted by Gasteiger charge is 2.08. The van der Waals surface area contributed by atoms with Crippen LogP contribution in [0, 0.1) is 0 Å². The first kappa shape index (κ1) is 26.9. The molecule has 0 aliphatic rings. The second-order valence-electron chi connectivity index (χ2n) is 7.94. The van der Waals surface area contributed by atoms with Crippen LogP contribution in [0.25, 0.3) is 6.08 Å². The summed E-state index contributed by atoms with van der Waals surface area (Å²) < 4.78 is 10.8. The molecule has 0 heterocycles. The Kier molecular flexibility index (Phi) is 10.6. The molecule has 0 fully saturated rings. The second-order valence-corrected chi connectivity index (χ2v) is 7.94. The van der Waals surface area contributed by atoms with E-state index in [4.69, 9.17) is 9.47 Å². The average molecular weight is 500 g/mol. The van der Waals surface area contributed by atoms with Gasteiger partial charge in [-0.3, -0.25) is 9.59 Å². The number of unbranched alkanes of at least 4 members (excludes halogenated alkanes) is 1. The molecule has 0 spiro atoms. The van der Waals surface area contributed by atoms with E-state index in [9.17, 15) is 14.4 Å². The normalized spacial score (nSPS) is 10.8. The molecule has 0 aliphatic carbocycles. The Balaban J connectivity index is 1.38. The van der Waals surface area contributed by atoms with Gasteiger partial charge >= 0.3 is 5.97 Å². The Morgan fingerprint density at radius 3 is 2.27 bits per heavy atom. The molecular formula is C29H29N3O5. The number of esters is 1. The predicted octanol–water partition coefficient (Wildman–Crippen LogP) is 4.36. The first-order valence-corrected chi connectivity index (χ1v) is 11.9. The molecule has 8 nitrogen and oxygen atoms in total. The van der Waals surface area contributed by atoms with Crippen molar-refractivity contribution >= 4 is 30.1 Å². The van der Waals surface area contributed by atoms with Gasteiger partial charge in [0.25, 0.3) is 11.8 Å². The predicted molar refractivity (Wildman–Crippen MR) is 142 cm³/mol. The molecule has 0 aliphatic heterocycles. The summed E-state index contributed by atoms with van der Waals surface area (Å²) in [6, 6.07) is 22.8. The minimum atomic E-state index is -0.490. The van der Waals surface area contributed by atoms with Crippen molar-refractivity contribution in [2.45, 2.75) is 19.8 Å². The van der Waals surface area contributed by atoms with Gasteiger partial charge in [-0.2, -0.15) is 5.10 Å². The van der Waals surface area contributed by atoms with Gasteiger partial charge in [0.15, 0.2) is 0 Å². The fourth-order valence-corrected chi connectivity index (χ4v) is 3.02. The molecule has 37 heavy (non-hydrogen) atoms. The number of hydrogen-bond acceptors (Lipinski definition) is 6. The summed E-state index contributed by atoms with van der Waals surface area (Å²) in [6.45, 7) is 2.49. The maximum atomic E-state index is 12.2. The number of carbonyl (C=O) groups is 3. The zero-order chi connectivity index (χ0) is 26.3. The van der Waals surface area contributed by atoms with Crippen LogP contribution in [0.1, 0.15) is 41.3 Å². The lowest BCUT2D eigenvalue weighted by Crippen LogP contribution is -2.34. The van der Waals surface area contributed by atoms with Crippen LogP contribution < -0.4 is 20.2 Å². The molecule has 2 N–H and O–H groups in total. The Bertz CT molecular complexity index is 1220. The monoisotopic (exact) mass is 499 g/mol. The fraction of sp³-hybridized carbons (Fsp3) is 0.172. The van der Waals surface area contributed by atoms with Crippen molar-refractivity contribution in [3.8, 4) is 11.5 Å². The van der Waals surface area contributed by atoms with Gasteiger partial charge in [-0.1, -0.05) is 43.7 Å². The number of hydrogen-bond donors (Lipinski definition) is 2. The molecule has 190 valence electrons. The maximum absolute atomic E-state index is 12.2. The van der Waals surface area contributed by atoms with Gasteiger partial charge in [0.05, 0.1) is 19.4 Å². The van der Waals surface area contributed by atoms with Crippen molar-refractivity contribution < 1.29 is 23.9 Å². The average Bonchev–Trinajstić information content (AvgIpc) is 2.92. The van der Waals surface area contributed by atoms with E-state index in [1.54, 1.807) is 54.6 Å². The van der Waals surface area contributed by atoms with Crippen molar-refractivity contribution in [2.24, 2.45) is 5.10 Å². The van der Waals surface area contributed by atoms with E-state index < -0.39 is 11.9 Å². The van der Waals surface area contributed by atoms with E-state index in [2.05, 4.69) is 22.8 Å². The van der Waals surface area contributed by atoms with Crippen molar-refractivity contribution in [1.29, 1.82) is 0 Å². The Labute approximate surface area is 216 Å². The quantitative estimate of drug-likeness (QED) is 0.0962. The molecule has 3 rings (SSSR count). The topological polar surface area (TPSA) is 106 Å². The van der Waals surface area contributed by atoms with Crippen molar-refractivity contribution in [3.63, 3.8) is 0 Å².